The van der Waals surface area contributed by atoms with E-state index in [4.69, 9.17) is 5.73 Å². The molecule has 112 valence electrons. The minimum absolute atomic E-state index is 0.0206. The number of hydrogen-bond acceptors (Lipinski definition) is 3. The van der Waals surface area contributed by atoms with Crippen LogP contribution in [0.2, 0.25) is 0 Å². The van der Waals surface area contributed by atoms with E-state index in [1.165, 1.54) is 6.42 Å². The van der Waals surface area contributed by atoms with Gasteiger partial charge in [-0.25, -0.2) is 0 Å². The van der Waals surface area contributed by atoms with E-state index in [1.807, 2.05) is 0 Å². The predicted octanol–water partition coefficient (Wildman–Crippen LogP) is 1.81. The number of amides is 1. The minimum Gasteiger partial charge on any atom is -0.391 e. The molecule has 4 nitrogen and oxygen atoms in total. The quantitative estimate of drug-likeness (QED) is 0.644. The lowest BCUT2D eigenvalue weighted by Crippen LogP contribution is -2.44. The van der Waals surface area contributed by atoms with Crippen LogP contribution in [0, 0.1) is 11.8 Å². The first-order valence-corrected chi connectivity index (χ1v) is 7.81. The lowest BCUT2D eigenvalue weighted by Gasteiger charge is -2.24. The summed E-state index contributed by atoms with van der Waals surface area (Å²) in [6, 6.07) is -0.0206. The maximum Gasteiger partial charge on any atom is 0.224 e. The summed E-state index contributed by atoms with van der Waals surface area (Å²) in [5.41, 5.74) is 6.08. The second kappa shape index (κ2) is 8.54. The highest BCUT2D eigenvalue weighted by Crippen LogP contribution is 2.22. The maximum absolute atomic E-state index is 12.2. The summed E-state index contributed by atoms with van der Waals surface area (Å²) in [5.74, 6) is 0.221. The van der Waals surface area contributed by atoms with Crippen LogP contribution < -0.4 is 11.1 Å². The van der Waals surface area contributed by atoms with Crippen LogP contribution in [0.25, 0.3) is 0 Å². The first-order valence-electron chi connectivity index (χ1n) is 7.81. The molecule has 0 spiro atoms. The Balaban J connectivity index is 2.41. The van der Waals surface area contributed by atoms with Gasteiger partial charge in [0.05, 0.1) is 12.0 Å². The van der Waals surface area contributed by atoms with E-state index in [9.17, 15) is 9.90 Å². The van der Waals surface area contributed by atoms with Crippen LogP contribution in [0.1, 0.15) is 58.8 Å². The van der Waals surface area contributed by atoms with Gasteiger partial charge in [-0.1, -0.05) is 46.0 Å². The first kappa shape index (κ1) is 16.4. The third kappa shape index (κ3) is 5.11. The molecule has 3 atom stereocenters. The van der Waals surface area contributed by atoms with Crippen LogP contribution in [0.15, 0.2) is 0 Å². The van der Waals surface area contributed by atoms with Crippen molar-refractivity contribution >= 4 is 5.91 Å². The normalized spacial score (nSPS) is 25.9. The van der Waals surface area contributed by atoms with E-state index in [2.05, 4.69) is 19.2 Å². The predicted molar refractivity (Wildman–Crippen MR) is 77.6 cm³/mol. The van der Waals surface area contributed by atoms with Gasteiger partial charge in [0.1, 0.15) is 0 Å². The van der Waals surface area contributed by atoms with Gasteiger partial charge in [0, 0.05) is 12.6 Å². The van der Waals surface area contributed by atoms with Gasteiger partial charge in [-0.15, -0.1) is 0 Å². The zero-order chi connectivity index (χ0) is 14.3. The highest BCUT2D eigenvalue weighted by molar-refractivity contribution is 5.79. The molecule has 0 aromatic rings. The molecule has 1 amide bonds. The van der Waals surface area contributed by atoms with Crippen LogP contribution in [0.4, 0.5) is 0 Å². The Morgan fingerprint density at radius 3 is 2.53 bits per heavy atom. The molecule has 0 radical (unpaired) electrons. The largest absolute Gasteiger partial charge is 0.391 e. The van der Waals surface area contributed by atoms with Gasteiger partial charge in [-0.3, -0.25) is 4.79 Å². The van der Waals surface area contributed by atoms with Crippen LogP contribution >= 0.6 is 0 Å². The average molecular weight is 270 g/mol. The summed E-state index contributed by atoms with van der Waals surface area (Å²) in [4.78, 5) is 12.2. The van der Waals surface area contributed by atoms with Crippen molar-refractivity contribution in [2.45, 2.75) is 70.9 Å². The summed E-state index contributed by atoms with van der Waals surface area (Å²) in [5, 5.41) is 12.9. The Morgan fingerprint density at radius 1 is 1.26 bits per heavy atom. The molecular weight excluding hydrogens is 240 g/mol. The molecular formula is C15H30N2O2. The first-order chi connectivity index (χ1) is 9.10. The topological polar surface area (TPSA) is 75.3 Å². The number of carbonyl (C=O) groups excluding carboxylic acids is 1. The zero-order valence-electron chi connectivity index (χ0n) is 12.4. The van der Waals surface area contributed by atoms with Crippen molar-refractivity contribution in [3.05, 3.63) is 0 Å². The van der Waals surface area contributed by atoms with Crippen LogP contribution in [0.3, 0.4) is 0 Å². The van der Waals surface area contributed by atoms with Crippen molar-refractivity contribution in [1.82, 2.24) is 5.32 Å². The van der Waals surface area contributed by atoms with E-state index in [1.54, 1.807) is 0 Å². The van der Waals surface area contributed by atoms with Gasteiger partial charge < -0.3 is 16.2 Å². The number of aliphatic hydroxyl groups is 1. The molecule has 0 bridgehead atoms. The fraction of sp³-hybridized carbons (Fsp3) is 0.933. The van der Waals surface area contributed by atoms with Crippen molar-refractivity contribution < 1.29 is 9.90 Å². The maximum atomic E-state index is 12.2. The highest BCUT2D eigenvalue weighted by Gasteiger charge is 2.27. The molecule has 3 unspecified atom stereocenters. The molecule has 1 fully saturated rings. The van der Waals surface area contributed by atoms with Gasteiger partial charge in [0.2, 0.25) is 5.91 Å². The molecule has 1 aliphatic rings. The summed E-state index contributed by atoms with van der Waals surface area (Å²) < 4.78 is 0. The second-order valence-electron chi connectivity index (χ2n) is 5.80. The summed E-state index contributed by atoms with van der Waals surface area (Å²) in [6.07, 6.45) is 6.64. The Bertz CT molecular complexity index is 267. The van der Waals surface area contributed by atoms with Crippen molar-refractivity contribution in [3.63, 3.8) is 0 Å². The molecule has 19 heavy (non-hydrogen) atoms. The van der Waals surface area contributed by atoms with Gasteiger partial charge in [0.15, 0.2) is 0 Å². The molecule has 1 rings (SSSR count). The number of nitrogens with one attached hydrogen (secondary N) is 1. The number of hydrogen-bond donors (Lipinski definition) is 3. The number of nitrogens with two attached hydrogens (primary N) is 1. The van der Waals surface area contributed by atoms with Gasteiger partial charge in [0.25, 0.3) is 0 Å². The Kier molecular flexibility index (Phi) is 7.39. The van der Waals surface area contributed by atoms with Crippen LogP contribution in [-0.2, 0) is 4.79 Å². The Morgan fingerprint density at radius 2 is 1.89 bits per heavy atom. The SMILES string of the molecule is CCC(CC)C(O)CNC(=O)C1CCCCCC1N. The summed E-state index contributed by atoms with van der Waals surface area (Å²) >= 11 is 0. The lowest BCUT2D eigenvalue weighted by atomic mass is 9.93. The van der Waals surface area contributed by atoms with Crippen molar-refractivity contribution in [1.29, 1.82) is 0 Å². The van der Waals surface area contributed by atoms with E-state index < -0.39 is 6.10 Å². The van der Waals surface area contributed by atoms with Crippen LogP contribution in [0.5, 0.6) is 0 Å². The Hall–Kier alpha value is -0.610. The van der Waals surface area contributed by atoms with Crippen molar-refractivity contribution in [2.24, 2.45) is 17.6 Å². The molecule has 0 aromatic heterocycles. The molecule has 1 aliphatic carbocycles. The van der Waals surface area contributed by atoms with Gasteiger partial charge >= 0.3 is 0 Å². The molecule has 1 saturated carbocycles. The standard InChI is InChI=1S/C15H30N2O2/c1-3-11(4-2)14(18)10-17-15(19)12-8-6-5-7-9-13(12)16/h11-14,18H,3-10,16H2,1-2H3,(H,17,19). The third-order valence-electron chi connectivity index (χ3n) is 4.48. The third-order valence-corrected chi connectivity index (χ3v) is 4.48. The fourth-order valence-corrected chi connectivity index (χ4v) is 3.00. The van der Waals surface area contributed by atoms with Crippen molar-refractivity contribution in [2.75, 3.05) is 6.54 Å². The van der Waals surface area contributed by atoms with Crippen molar-refractivity contribution in [3.8, 4) is 0 Å². The summed E-state index contributed by atoms with van der Waals surface area (Å²) in [6.45, 7) is 4.50. The molecule has 4 heteroatoms. The molecule has 4 N–H and O–H groups in total. The number of carbonyl (C=O) groups is 1. The molecule has 0 aliphatic heterocycles. The monoisotopic (exact) mass is 270 g/mol. The van der Waals surface area contributed by atoms with Crippen LogP contribution in [-0.4, -0.2) is 29.7 Å². The smallest absolute Gasteiger partial charge is 0.224 e. The number of aliphatic hydroxyl groups excluding tert-OH is 1. The molecule has 0 saturated heterocycles. The average Bonchev–Trinajstić information content (AvgIpc) is 2.62. The Labute approximate surface area is 117 Å². The summed E-state index contributed by atoms with van der Waals surface area (Å²) in [7, 11) is 0. The minimum atomic E-state index is -0.444. The molecule has 0 aromatic carbocycles. The van der Waals surface area contributed by atoms with Gasteiger partial charge in [-0.2, -0.15) is 0 Å². The lowest BCUT2D eigenvalue weighted by molar-refractivity contribution is -0.126. The zero-order valence-corrected chi connectivity index (χ0v) is 12.4. The fourth-order valence-electron chi connectivity index (χ4n) is 3.00. The van der Waals surface area contributed by atoms with E-state index >= 15 is 0 Å². The van der Waals surface area contributed by atoms with E-state index in [0.717, 1.165) is 38.5 Å². The van der Waals surface area contributed by atoms with Gasteiger partial charge in [-0.05, 0) is 18.8 Å². The highest BCUT2D eigenvalue weighted by atomic mass is 16.3. The van der Waals surface area contributed by atoms with E-state index in [0.29, 0.717) is 6.54 Å². The molecule has 0 heterocycles. The second-order valence-corrected chi connectivity index (χ2v) is 5.80. The number of rotatable bonds is 6. The van der Waals surface area contributed by atoms with E-state index in [-0.39, 0.29) is 23.8 Å².